The molecule has 1 aromatic carbocycles. The number of hydrogen-bond donors (Lipinski definition) is 3. The molecule has 1 aromatic heterocycles. The average molecular weight is 461 g/mol. The van der Waals surface area contributed by atoms with Gasteiger partial charge in [0.25, 0.3) is 0 Å². The van der Waals surface area contributed by atoms with E-state index in [2.05, 4.69) is 4.98 Å². The number of nitrogens with zero attached hydrogens (tertiary/aromatic N) is 1. The fourth-order valence-electron chi connectivity index (χ4n) is 3.46. The number of aromatic nitrogens is 1. The van der Waals surface area contributed by atoms with Gasteiger partial charge in [-0.2, -0.15) is 0 Å². The van der Waals surface area contributed by atoms with E-state index in [0.717, 1.165) is 23.1 Å². The number of ether oxygens (including phenoxy) is 2. The molecule has 33 heavy (non-hydrogen) atoms. The summed E-state index contributed by atoms with van der Waals surface area (Å²) in [5, 5.41) is 29.8. The minimum Gasteiger partial charge on any atom is -0.493 e. The topological polar surface area (TPSA) is 111 Å². The number of rotatable bonds is 14. The number of methoxy groups -OCH3 is 1. The highest BCUT2D eigenvalue weighted by Crippen LogP contribution is 2.33. The summed E-state index contributed by atoms with van der Waals surface area (Å²) in [5.74, 6) is 0.907. The van der Waals surface area contributed by atoms with Gasteiger partial charge in [-0.1, -0.05) is 13.0 Å². The molecule has 8 nitrogen and oxygen atoms in total. The largest absolute Gasteiger partial charge is 0.636 e. The molecule has 2 aromatic rings. The number of pyridine rings is 1. The second-order valence-electron chi connectivity index (χ2n) is 8.70. The standard InChI is InChI=1S/C24H36BNO7/c1-6-9-31-23-11-18(7-8-22(23)30-5)19-10-20(14-26-13-19)21(15-27)16-32-25(29)33-17(2)12-24(3,4)28/h7-8,10-11,13-14,17,21,27-29H,6,9,12,15-16H2,1-5H3/t17?,21-/m0/s1. The molecule has 1 unspecified atom stereocenters. The Labute approximate surface area is 196 Å². The van der Waals surface area contributed by atoms with E-state index in [1.54, 1.807) is 40.3 Å². The first kappa shape index (κ1) is 27.1. The molecule has 0 aliphatic heterocycles. The molecule has 3 N–H and O–H groups in total. The molecule has 2 rings (SSSR count). The minimum absolute atomic E-state index is 0.0332. The van der Waals surface area contributed by atoms with Gasteiger partial charge in [-0.3, -0.25) is 4.98 Å². The van der Waals surface area contributed by atoms with E-state index in [1.807, 2.05) is 31.2 Å². The molecule has 0 aliphatic rings. The molecule has 0 amide bonds. The second kappa shape index (κ2) is 12.9. The SMILES string of the molecule is CCCOc1cc(-c2cncc([C@@H](CO)COB(O)OC(C)CC(C)(C)O)c2)ccc1OC. The Morgan fingerprint density at radius 3 is 2.52 bits per heavy atom. The lowest BCUT2D eigenvalue weighted by Crippen LogP contribution is -2.34. The summed E-state index contributed by atoms with van der Waals surface area (Å²) in [6.45, 7) is 7.55. The summed E-state index contributed by atoms with van der Waals surface area (Å²) in [5.41, 5.74) is 1.60. The van der Waals surface area contributed by atoms with Crippen LogP contribution in [0.4, 0.5) is 0 Å². The van der Waals surface area contributed by atoms with Crippen molar-refractivity contribution in [3.8, 4) is 22.6 Å². The van der Waals surface area contributed by atoms with Crippen LogP contribution >= 0.6 is 0 Å². The van der Waals surface area contributed by atoms with Gasteiger partial charge in [0.2, 0.25) is 0 Å². The molecular weight excluding hydrogens is 425 g/mol. The zero-order chi connectivity index (χ0) is 24.4. The Morgan fingerprint density at radius 1 is 1.12 bits per heavy atom. The number of hydrogen-bond acceptors (Lipinski definition) is 8. The van der Waals surface area contributed by atoms with Crippen molar-refractivity contribution in [1.29, 1.82) is 0 Å². The summed E-state index contributed by atoms with van der Waals surface area (Å²) in [4.78, 5) is 4.32. The van der Waals surface area contributed by atoms with E-state index < -0.39 is 24.9 Å². The molecule has 2 atom stereocenters. The maximum absolute atomic E-state index is 10.0. The van der Waals surface area contributed by atoms with Gasteiger partial charge in [0.15, 0.2) is 11.5 Å². The molecule has 0 radical (unpaired) electrons. The Kier molecular flexibility index (Phi) is 10.6. The third kappa shape index (κ3) is 8.95. The van der Waals surface area contributed by atoms with E-state index in [0.29, 0.717) is 24.5 Å². The third-order valence-electron chi connectivity index (χ3n) is 4.99. The Bertz CT molecular complexity index is 859. The van der Waals surface area contributed by atoms with Crippen LogP contribution < -0.4 is 9.47 Å². The third-order valence-corrected chi connectivity index (χ3v) is 4.99. The van der Waals surface area contributed by atoms with Crippen molar-refractivity contribution in [3.63, 3.8) is 0 Å². The van der Waals surface area contributed by atoms with Crippen molar-refractivity contribution in [3.05, 3.63) is 42.2 Å². The maximum Gasteiger partial charge on any atom is 0.636 e. The van der Waals surface area contributed by atoms with Gasteiger partial charge in [-0.25, -0.2) is 0 Å². The first-order chi connectivity index (χ1) is 15.7. The summed E-state index contributed by atoms with van der Waals surface area (Å²) in [7, 11) is 0.137. The fraction of sp³-hybridized carbons (Fsp3) is 0.542. The number of aliphatic hydroxyl groups excluding tert-OH is 1. The van der Waals surface area contributed by atoms with Crippen molar-refractivity contribution in [1.82, 2.24) is 4.98 Å². The van der Waals surface area contributed by atoms with Gasteiger partial charge >= 0.3 is 7.32 Å². The summed E-state index contributed by atoms with van der Waals surface area (Å²) in [6, 6.07) is 7.60. The van der Waals surface area contributed by atoms with Gasteiger partial charge in [-0.15, -0.1) is 0 Å². The van der Waals surface area contributed by atoms with Gasteiger partial charge < -0.3 is 34.0 Å². The lowest BCUT2D eigenvalue weighted by molar-refractivity contribution is 0.0105. The zero-order valence-electron chi connectivity index (χ0n) is 20.2. The molecule has 0 saturated heterocycles. The highest BCUT2D eigenvalue weighted by Gasteiger charge is 2.25. The smallest absolute Gasteiger partial charge is 0.493 e. The highest BCUT2D eigenvalue weighted by atomic mass is 16.7. The zero-order valence-corrected chi connectivity index (χ0v) is 20.2. The van der Waals surface area contributed by atoms with Crippen LogP contribution in [0.15, 0.2) is 36.7 Å². The predicted molar refractivity (Wildman–Crippen MR) is 127 cm³/mol. The summed E-state index contributed by atoms with van der Waals surface area (Å²) >= 11 is 0. The number of benzene rings is 1. The molecule has 1 heterocycles. The van der Waals surface area contributed by atoms with E-state index >= 15 is 0 Å². The van der Waals surface area contributed by atoms with E-state index in [1.165, 1.54) is 0 Å². The maximum atomic E-state index is 10.0. The van der Waals surface area contributed by atoms with Crippen molar-refractivity contribution >= 4 is 7.32 Å². The fourth-order valence-corrected chi connectivity index (χ4v) is 3.46. The first-order valence-electron chi connectivity index (χ1n) is 11.2. The lowest BCUT2D eigenvalue weighted by atomic mass is 9.98. The Balaban J connectivity index is 2.09. The quantitative estimate of drug-likeness (QED) is 0.368. The highest BCUT2D eigenvalue weighted by molar-refractivity contribution is 6.34. The second-order valence-corrected chi connectivity index (χ2v) is 8.70. The van der Waals surface area contributed by atoms with Crippen molar-refractivity contribution in [2.75, 3.05) is 26.9 Å². The predicted octanol–water partition coefficient (Wildman–Crippen LogP) is 3.18. The van der Waals surface area contributed by atoms with Crippen LogP contribution in [0.5, 0.6) is 11.5 Å². The average Bonchev–Trinajstić information content (AvgIpc) is 2.76. The first-order valence-corrected chi connectivity index (χ1v) is 11.2. The van der Waals surface area contributed by atoms with Gasteiger partial charge in [-0.05, 0) is 56.5 Å². The van der Waals surface area contributed by atoms with Crippen LogP contribution in [-0.4, -0.2) is 66.2 Å². The van der Waals surface area contributed by atoms with Crippen LogP contribution in [0.3, 0.4) is 0 Å². The Morgan fingerprint density at radius 2 is 1.88 bits per heavy atom. The van der Waals surface area contributed by atoms with Crippen molar-refractivity contribution in [2.45, 2.75) is 58.2 Å². The van der Waals surface area contributed by atoms with E-state index in [-0.39, 0.29) is 13.2 Å². The van der Waals surface area contributed by atoms with Crippen LogP contribution in [0.2, 0.25) is 0 Å². The molecular formula is C24H36BNO7. The van der Waals surface area contributed by atoms with Gasteiger partial charge in [0.05, 0.1) is 25.9 Å². The molecule has 182 valence electrons. The lowest BCUT2D eigenvalue weighted by Gasteiger charge is -2.24. The van der Waals surface area contributed by atoms with Crippen molar-refractivity contribution < 1.29 is 34.0 Å². The molecule has 0 saturated carbocycles. The summed E-state index contributed by atoms with van der Waals surface area (Å²) in [6.07, 6.45) is 4.22. The van der Waals surface area contributed by atoms with Crippen LogP contribution in [-0.2, 0) is 9.31 Å². The molecule has 0 aliphatic carbocycles. The van der Waals surface area contributed by atoms with Crippen molar-refractivity contribution in [2.24, 2.45) is 0 Å². The van der Waals surface area contributed by atoms with E-state index in [4.69, 9.17) is 18.8 Å². The van der Waals surface area contributed by atoms with E-state index in [9.17, 15) is 15.2 Å². The normalized spacial score (nSPS) is 13.5. The molecule has 0 bridgehead atoms. The molecule has 0 fully saturated rings. The molecule has 9 heteroatoms. The van der Waals surface area contributed by atoms with Crippen LogP contribution in [0.25, 0.3) is 11.1 Å². The summed E-state index contributed by atoms with van der Waals surface area (Å²) < 4.78 is 22.0. The van der Waals surface area contributed by atoms with Crippen LogP contribution in [0, 0.1) is 0 Å². The van der Waals surface area contributed by atoms with Crippen LogP contribution in [0.1, 0.15) is 52.0 Å². The number of aliphatic hydroxyl groups is 2. The monoisotopic (exact) mass is 461 g/mol. The van der Waals surface area contributed by atoms with Gasteiger partial charge in [0.1, 0.15) is 0 Å². The minimum atomic E-state index is -1.47. The Hall–Kier alpha value is -2.17. The van der Waals surface area contributed by atoms with Gasteiger partial charge in [0, 0.05) is 43.0 Å². The molecule has 0 spiro atoms.